The summed E-state index contributed by atoms with van der Waals surface area (Å²) in [5.74, 6) is 5.46. The average Bonchev–Trinajstić information content (AvgIpc) is 2.43. The summed E-state index contributed by atoms with van der Waals surface area (Å²) >= 11 is 0. The molecule has 0 heterocycles. The zero-order valence-corrected chi connectivity index (χ0v) is 12.0. The number of rotatable bonds is 6. The minimum absolute atomic E-state index is 0.0155. The molecule has 1 aromatic carbocycles. The maximum atomic E-state index is 11.7. The maximum Gasteiger partial charge on any atom is 0.224 e. The van der Waals surface area contributed by atoms with Gasteiger partial charge in [0.25, 0.3) is 0 Å². The molecule has 1 amide bonds. The first-order valence-electron chi connectivity index (χ1n) is 6.75. The van der Waals surface area contributed by atoms with E-state index in [0.717, 1.165) is 23.2 Å². The molecule has 0 fully saturated rings. The topological polar surface area (TPSA) is 58.6 Å². The van der Waals surface area contributed by atoms with E-state index in [1.54, 1.807) is 0 Å². The van der Waals surface area contributed by atoms with Crippen molar-refractivity contribution in [3.8, 4) is 11.8 Å². The number of aliphatic hydroxyl groups excluding tert-OH is 1. The molecule has 0 saturated carbocycles. The van der Waals surface area contributed by atoms with E-state index in [4.69, 9.17) is 9.84 Å². The van der Waals surface area contributed by atoms with Crippen LogP contribution in [0.3, 0.4) is 0 Å². The maximum absolute atomic E-state index is 11.7. The molecule has 0 aromatic heterocycles. The quantitative estimate of drug-likeness (QED) is 0.617. The molecule has 4 nitrogen and oxygen atoms in total. The number of benzene rings is 1. The zero-order chi connectivity index (χ0) is 14.8. The van der Waals surface area contributed by atoms with Gasteiger partial charge in [-0.05, 0) is 44.0 Å². The van der Waals surface area contributed by atoms with Crippen LogP contribution in [-0.4, -0.2) is 30.8 Å². The Bertz CT molecular complexity index is 500. The van der Waals surface area contributed by atoms with Gasteiger partial charge in [0.05, 0.1) is 0 Å². The fourth-order valence-corrected chi connectivity index (χ4v) is 1.72. The molecular formula is C16H21NO3. The van der Waals surface area contributed by atoms with E-state index >= 15 is 0 Å². The number of aliphatic hydroxyl groups is 1. The monoisotopic (exact) mass is 275 g/mol. The van der Waals surface area contributed by atoms with E-state index in [1.165, 1.54) is 0 Å². The predicted molar refractivity (Wildman–Crippen MR) is 79.5 cm³/mol. The number of nitrogens with one attached hydrogen (secondary N) is 1. The van der Waals surface area contributed by atoms with Gasteiger partial charge >= 0.3 is 0 Å². The minimum Gasteiger partial charge on any atom is -0.384 e. The van der Waals surface area contributed by atoms with Gasteiger partial charge in [0, 0.05) is 30.9 Å². The summed E-state index contributed by atoms with van der Waals surface area (Å²) in [6.07, 6.45) is 1.17. The molecule has 2 N–H and O–H groups in total. The predicted octanol–water partition coefficient (Wildman–Crippen LogP) is 2.09. The van der Waals surface area contributed by atoms with Gasteiger partial charge in [-0.25, -0.2) is 0 Å². The molecule has 1 aromatic rings. The fraction of sp³-hybridized carbons (Fsp3) is 0.438. The van der Waals surface area contributed by atoms with Gasteiger partial charge in [0.15, 0.2) is 0 Å². The second kappa shape index (κ2) is 9.13. The molecule has 0 radical (unpaired) electrons. The van der Waals surface area contributed by atoms with Crippen molar-refractivity contribution in [2.75, 3.05) is 25.1 Å². The van der Waals surface area contributed by atoms with Crippen molar-refractivity contribution in [2.45, 2.75) is 26.7 Å². The van der Waals surface area contributed by atoms with Crippen molar-refractivity contribution in [3.63, 3.8) is 0 Å². The highest BCUT2D eigenvalue weighted by molar-refractivity contribution is 5.90. The molecule has 0 saturated heterocycles. The van der Waals surface area contributed by atoms with Gasteiger partial charge in [-0.15, -0.1) is 0 Å². The van der Waals surface area contributed by atoms with Crippen LogP contribution < -0.4 is 5.32 Å². The standard InChI is InChI=1S/C16H21NO3/c1-3-20-11-5-7-16(19)17-15-9-8-14(6-4-10-18)13(2)12-15/h8-9,12,18H,3,5,7,10-11H2,1-2H3,(H,17,19). The lowest BCUT2D eigenvalue weighted by atomic mass is 10.1. The van der Waals surface area contributed by atoms with Gasteiger partial charge in [-0.1, -0.05) is 11.8 Å². The van der Waals surface area contributed by atoms with Crippen LogP contribution in [0.5, 0.6) is 0 Å². The molecule has 0 bridgehead atoms. The summed E-state index contributed by atoms with van der Waals surface area (Å²) in [4.78, 5) is 11.7. The summed E-state index contributed by atoms with van der Waals surface area (Å²) in [5.41, 5.74) is 2.59. The third-order valence-electron chi connectivity index (χ3n) is 2.71. The Kier molecular flexibility index (Phi) is 7.41. The summed E-state index contributed by atoms with van der Waals surface area (Å²) in [6, 6.07) is 5.53. The fourth-order valence-electron chi connectivity index (χ4n) is 1.72. The lowest BCUT2D eigenvalue weighted by Crippen LogP contribution is -2.12. The Hall–Kier alpha value is -1.83. The second-order valence-electron chi connectivity index (χ2n) is 4.34. The Labute approximate surface area is 120 Å². The smallest absolute Gasteiger partial charge is 0.224 e. The Morgan fingerprint density at radius 2 is 2.25 bits per heavy atom. The van der Waals surface area contributed by atoms with E-state index in [0.29, 0.717) is 19.6 Å². The highest BCUT2D eigenvalue weighted by Crippen LogP contribution is 2.14. The minimum atomic E-state index is -0.155. The lowest BCUT2D eigenvalue weighted by molar-refractivity contribution is -0.116. The normalized spacial score (nSPS) is 9.75. The van der Waals surface area contributed by atoms with Crippen LogP contribution >= 0.6 is 0 Å². The SMILES string of the molecule is CCOCCCC(=O)Nc1ccc(C#CCO)c(C)c1. The molecule has 0 aliphatic rings. The first-order chi connectivity index (χ1) is 9.67. The summed E-state index contributed by atoms with van der Waals surface area (Å²) in [5, 5.41) is 11.5. The number of hydrogen-bond acceptors (Lipinski definition) is 3. The van der Waals surface area contributed by atoms with E-state index < -0.39 is 0 Å². The van der Waals surface area contributed by atoms with Crippen molar-refractivity contribution >= 4 is 11.6 Å². The van der Waals surface area contributed by atoms with E-state index in [1.807, 2.05) is 32.0 Å². The number of anilines is 1. The number of hydrogen-bond donors (Lipinski definition) is 2. The van der Waals surface area contributed by atoms with Crippen LogP contribution in [-0.2, 0) is 9.53 Å². The van der Waals surface area contributed by atoms with Crippen molar-refractivity contribution in [3.05, 3.63) is 29.3 Å². The zero-order valence-electron chi connectivity index (χ0n) is 12.0. The second-order valence-corrected chi connectivity index (χ2v) is 4.34. The largest absolute Gasteiger partial charge is 0.384 e. The van der Waals surface area contributed by atoms with Crippen molar-refractivity contribution < 1.29 is 14.6 Å². The lowest BCUT2D eigenvalue weighted by Gasteiger charge is -2.07. The van der Waals surface area contributed by atoms with Crippen LogP contribution in [0.25, 0.3) is 0 Å². The molecule has 0 aliphatic carbocycles. The third kappa shape index (κ3) is 5.87. The molecule has 4 heteroatoms. The molecule has 0 aliphatic heterocycles. The average molecular weight is 275 g/mol. The van der Waals surface area contributed by atoms with Crippen molar-refractivity contribution in [2.24, 2.45) is 0 Å². The summed E-state index contributed by atoms with van der Waals surface area (Å²) < 4.78 is 5.19. The molecule has 0 spiro atoms. The first-order valence-corrected chi connectivity index (χ1v) is 6.75. The van der Waals surface area contributed by atoms with Crippen LogP contribution in [0.4, 0.5) is 5.69 Å². The van der Waals surface area contributed by atoms with Gasteiger partial charge in [0.1, 0.15) is 6.61 Å². The Morgan fingerprint density at radius 1 is 1.45 bits per heavy atom. The first kappa shape index (κ1) is 16.2. The number of carbonyl (C=O) groups excluding carboxylic acids is 1. The van der Waals surface area contributed by atoms with E-state index in [9.17, 15) is 4.79 Å². The van der Waals surface area contributed by atoms with Crippen LogP contribution in [0.15, 0.2) is 18.2 Å². The van der Waals surface area contributed by atoms with Gasteiger partial charge in [-0.3, -0.25) is 4.79 Å². The highest BCUT2D eigenvalue weighted by atomic mass is 16.5. The number of aryl methyl sites for hydroxylation is 1. The van der Waals surface area contributed by atoms with Crippen molar-refractivity contribution in [1.29, 1.82) is 0 Å². The third-order valence-corrected chi connectivity index (χ3v) is 2.71. The molecule has 1 rings (SSSR count). The molecule has 0 unspecified atom stereocenters. The number of amides is 1. The van der Waals surface area contributed by atoms with Crippen LogP contribution in [0.1, 0.15) is 30.9 Å². The van der Waals surface area contributed by atoms with Crippen LogP contribution in [0, 0.1) is 18.8 Å². The summed E-state index contributed by atoms with van der Waals surface area (Å²) in [7, 11) is 0. The molecule has 0 atom stereocenters. The molecule has 20 heavy (non-hydrogen) atoms. The summed E-state index contributed by atoms with van der Waals surface area (Å²) in [6.45, 7) is 4.99. The number of ether oxygens (including phenoxy) is 1. The molecular weight excluding hydrogens is 254 g/mol. The van der Waals surface area contributed by atoms with E-state index in [-0.39, 0.29) is 12.5 Å². The van der Waals surface area contributed by atoms with Gasteiger partial charge in [-0.2, -0.15) is 0 Å². The molecule has 108 valence electrons. The van der Waals surface area contributed by atoms with E-state index in [2.05, 4.69) is 17.2 Å². The van der Waals surface area contributed by atoms with Gasteiger partial charge < -0.3 is 15.2 Å². The Morgan fingerprint density at radius 3 is 2.90 bits per heavy atom. The Balaban J connectivity index is 2.52. The highest BCUT2D eigenvalue weighted by Gasteiger charge is 2.03. The van der Waals surface area contributed by atoms with Crippen molar-refractivity contribution in [1.82, 2.24) is 0 Å². The number of carbonyl (C=O) groups is 1. The van der Waals surface area contributed by atoms with Gasteiger partial charge in [0.2, 0.25) is 5.91 Å². The van der Waals surface area contributed by atoms with Crippen LogP contribution in [0.2, 0.25) is 0 Å².